The highest BCUT2D eigenvalue weighted by molar-refractivity contribution is 6.05. The Morgan fingerprint density at radius 3 is 2.50 bits per heavy atom. The average molecular weight is 291 g/mol. The molecule has 1 aromatic carbocycles. The smallest absolute Gasteiger partial charge is 0.204 e. The van der Waals surface area contributed by atoms with Crippen LogP contribution in [0.4, 0.5) is 0 Å². The maximum Gasteiger partial charge on any atom is 0.204 e. The normalized spacial score (nSPS) is 11.1. The van der Waals surface area contributed by atoms with E-state index in [0.29, 0.717) is 21.8 Å². The van der Waals surface area contributed by atoms with E-state index in [0.717, 1.165) is 11.1 Å². The van der Waals surface area contributed by atoms with Crippen molar-refractivity contribution in [2.24, 2.45) is 5.11 Å². The summed E-state index contributed by atoms with van der Waals surface area (Å²) in [5.74, 6) is 0.422. The van der Waals surface area contributed by atoms with Gasteiger partial charge in [0.2, 0.25) is 10.5 Å². The van der Waals surface area contributed by atoms with Crippen molar-refractivity contribution in [1.29, 1.82) is 0 Å². The highest BCUT2D eigenvalue weighted by atomic mass is 28.2. The number of nitrogens with zero attached hydrogens (tertiary/aromatic N) is 3. The number of aryl methyl sites for hydroxylation is 1. The van der Waals surface area contributed by atoms with Gasteiger partial charge in [-0.2, -0.15) is 0 Å². The van der Waals surface area contributed by atoms with E-state index in [1.807, 2.05) is 19.9 Å². The van der Waals surface area contributed by atoms with Gasteiger partial charge in [-0.1, -0.05) is 25.9 Å². The van der Waals surface area contributed by atoms with Crippen LogP contribution in [0, 0.1) is 13.8 Å². The zero-order chi connectivity index (χ0) is 15.5. The van der Waals surface area contributed by atoms with Crippen LogP contribution in [0.15, 0.2) is 11.2 Å². The van der Waals surface area contributed by atoms with Crippen LogP contribution in [0.3, 0.4) is 0 Å². The van der Waals surface area contributed by atoms with Crippen molar-refractivity contribution in [3.8, 4) is 5.75 Å². The first-order valence-corrected chi connectivity index (χ1v) is 7.28. The number of azide groups is 1. The van der Waals surface area contributed by atoms with Gasteiger partial charge >= 0.3 is 0 Å². The standard InChI is InChI=1S/C14H21N3O2Si/c1-8-6-10(11(18)7-16-17-15)13(19-20)9(2)12(8)14(3,4)5/h6H,7H2,1-5,20H3. The van der Waals surface area contributed by atoms with Gasteiger partial charge in [0.25, 0.3) is 0 Å². The number of carbonyl (C=O) groups is 1. The zero-order valence-corrected chi connectivity index (χ0v) is 14.9. The van der Waals surface area contributed by atoms with Gasteiger partial charge in [0.1, 0.15) is 5.75 Å². The third-order valence-electron chi connectivity index (χ3n) is 3.25. The van der Waals surface area contributed by atoms with E-state index in [4.69, 9.17) is 9.96 Å². The van der Waals surface area contributed by atoms with Gasteiger partial charge < -0.3 is 4.43 Å². The molecule has 0 heterocycles. The van der Waals surface area contributed by atoms with Crippen molar-refractivity contribution in [3.63, 3.8) is 0 Å². The van der Waals surface area contributed by atoms with Gasteiger partial charge in [-0.3, -0.25) is 4.79 Å². The second kappa shape index (κ2) is 6.11. The molecular formula is C14H21N3O2Si. The van der Waals surface area contributed by atoms with E-state index >= 15 is 0 Å². The lowest BCUT2D eigenvalue weighted by Gasteiger charge is -2.27. The molecule has 0 aliphatic carbocycles. The van der Waals surface area contributed by atoms with Gasteiger partial charge in [0.05, 0.1) is 12.1 Å². The van der Waals surface area contributed by atoms with E-state index in [-0.39, 0.29) is 17.7 Å². The fourth-order valence-electron chi connectivity index (χ4n) is 2.77. The van der Waals surface area contributed by atoms with Crippen LogP contribution in [0.5, 0.6) is 5.75 Å². The highest BCUT2D eigenvalue weighted by Gasteiger charge is 2.24. The van der Waals surface area contributed by atoms with Gasteiger partial charge in [-0.25, -0.2) is 0 Å². The summed E-state index contributed by atoms with van der Waals surface area (Å²) in [6, 6.07) is 1.84. The predicted octanol–water partition coefficient (Wildman–Crippen LogP) is 2.75. The van der Waals surface area contributed by atoms with Crippen molar-refractivity contribution in [2.75, 3.05) is 6.54 Å². The summed E-state index contributed by atoms with van der Waals surface area (Å²) in [5, 5.41) is 3.34. The van der Waals surface area contributed by atoms with Gasteiger partial charge in [-0.05, 0) is 47.6 Å². The minimum Gasteiger partial charge on any atom is -0.552 e. The average Bonchev–Trinajstić information content (AvgIpc) is 2.33. The number of benzene rings is 1. The van der Waals surface area contributed by atoms with Crippen LogP contribution in [0.2, 0.25) is 0 Å². The number of Topliss-reactive ketones (excluding diaryl/α,β-unsaturated/α-hetero) is 1. The van der Waals surface area contributed by atoms with Crippen LogP contribution in [0.25, 0.3) is 10.4 Å². The Morgan fingerprint density at radius 1 is 1.45 bits per heavy atom. The van der Waals surface area contributed by atoms with Gasteiger partial charge in [0, 0.05) is 4.91 Å². The molecular weight excluding hydrogens is 270 g/mol. The van der Waals surface area contributed by atoms with Crippen molar-refractivity contribution in [3.05, 3.63) is 38.8 Å². The molecule has 0 amide bonds. The van der Waals surface area contributed by atoms with Crippen molar-refractivity contribution >= 4 is 16.3 Å². The SMILES string of the molecule is Cc1cc(C(=O)CN=[N+]=[N-])c(O[SiH3])c(C)c1C(C)(C)C. The second-order valence-corrected chi connectivity index (χ2v) is 6.24. The molecule has 0 aromatic heterocycles. The summed E-state index contributed by atoms with van der Waals surface area (Å²) >= 11 is 0. The van der Waals surface area contributed by atoms with E-state index in [1.54, 1.807) is 0 Å². The van der Waals surface area contributed by atoms with Crippen LogP contribution < -0.4 is 4.43 Å². The fourth-order valence-corrected chi connectivity index (χ4v) is 3.30. The summed E-state index contributed by atoms with van der Waals surface area (Å²) in [6.45, 7) is 10.2. The Labute approximate surface area is 122 Å². The molecule has 0 saturated carbocycles. The lowest BCUT2D eigenvalue weighted by Crippen LogP contribution is -2.18. The van der Waals surface area contributed by atoms with E-state index in [2.05, 4.69) is 30.8 Å². The largest absolute Gasteiger partial charge is 0.552 e. The number of ketones is 1. The minimum absolute atomic E-state index is 0.0185. The molecule has 0 atom stereocenters. The molecule has 0 unspecified atom stereocenters. The van der Waals surface area contributed by atoms with Crippen molar-refractivity contribution in [2.45, 2.75) is 40.0 Å². The highest BCUT2D eigenvalue weighted by Crippen LogP contribution is 2.36. The number of hydrogen-bond acceptors (Lipinski definition) is 3. The molecule has 20 heavy (non-hydrogen) atoms. The number of hydrogen-bond donors (Lipinski definition) is 0. The summed E-state index contributed by atoms with van der Waals surface area (Å²) < 4.78 is 5.55. The number of rotatable bonds is 4. The molecule has 0 bridgehead atoms. The maximum absolute atomic E-state index is 12.1. The Kier molecular flexibility index (Phi) is 4.97. The molecule has 6 heteroatoms. The molecule has 108 valence electrons. The fraction of sp³-hybridized carbons (Fsp3) is 0.500. The molecule has 0 aliphatic rings. The predicted molar refractivity (Wildman–Crippen MR) is 83.5 cm³/mol. The molecule has 5 nitrogen and oxygen atoms in total. The molecule has 0 aliphatic heterocycles. The van der Waals surface area contributed by atoms with Crippen LogP contribution in [0.1, 0.15) is 47.8 Å². The summed E-state index contributed by atoms with van der Waals surface area (Å²) in [5.41, 5.74) is 12.1. The van der Waals surface area contributed by atoms with Crippen molar-refractivity contribution < 1.29 is 9.22 Å². The maximum atomic E-state index is 12.1. The first-order chi connectivity index (χ1) is 9.23. The topological polar surface area (TPSA) is 75.1 Å². The van der Waals surface area contributed by atoms with E-state index in [1.165, 1.54) is 5.56 Å². The molecule has 0 N–H and O–H groups in total. The van der Waals surface area contributed by atoms with E-state index < -0.39 is 0 Å². The summed E-state index contributed by atoms with van der Waals surface area (Å²) in [4.78, 5) is 14.7. The first-order valence-electron chi connectivity index (χ1n) is 6.46. The second-order valence-electron chi connectivity index (χ2n) is 5.84. The lowest BCUT2D eigenvalue weighted by molar-refractivity contribution is 0.0999. The number of carbonyl (C=O) groups excluding carboxylic acids is 1. The monoisotopic (exact) mass is 291 g/mol. The molecule has 0 saturated heterocycles. The van der Waals surface area contributed by atoms with Gasteiger partial charge in [0.15, 0.2) is 5.78 Å². The Morgan fingerprint density at radius 2 is 2.05 bits per heavy atom. The quantitative estimate of drug-likeness (QED) is 0.281. The first kappa shape index (κ1) is 16.3. The molecule has 0 radical (unpaired) electrons. The van der Waals surface area contributed by atoms with Crippen LogP contribution in [-0.2, 0) is 5.41 Å². The van der Waals surface area contributed by atoms with Crippen LogP contribution in [-0.4, -0.2) is 22.8 Å². The third kappa shape index (κ3) is 3.21. The minimum atomic E-state index is -0.208. The molecule has 1 aromatic rings. The Balaban J connectivity index is 3.50. The van der Waals surface area contributed by atoms with Gasteiger partial charge in [-0.15, -0.1) is 0 Å². The van der Waals surface area contributed by atoms with Crippen LogP contribution >= 0.6 is 0 Å². The molecule has 1 rings (SSSR count). The Hall–Kier alpha value is -1.78. The summed E-state index contributed by atoms with van der Waals surface area (Å²) in [7, 11) is 0.502. The molecule has 0 fully saturated rings. The lowest BCUT2D eigenvalue weighted by atomic mass is 9.79. The summed E-state index contributed by atoms with van der Waals surface area (Å²) in [6.07, 6.45) is 0. The van der Waals surface area contributed by atoms with Crippen molar-refractivity contribution in [1.82, 2.24) is 0 Å². The third-order valence-corrected chi connectivity index (χ3v) is 3.66. The Bertz CT molecular complexity index is 585. The van der Waals surface area contributed by atoms with E-state index in [9.17, 15) is 4.79 Å². The zero-order valence-electron chi connectivity index (χ0n) is 12.9. The molecule has 0 spiro atoms.